The van der Waals surface area contributed by atoms with Gasteiger partial charge in [0, 0.05) is 6.04 Å². The van der Waals surface area contributed by atoms with Crippen molar-refractivity contribution in [3.63, 3.8) is 0 Å². The maximum atomic E-state index is 13.4. The van der Waals surface area contributed by atoms with Gasteiger partial charge in [-0.2, -0.15) is 4.98 Å². The number of rotatable bonds is 3. The first-order valence-electron chi connectivity index (χ1n) is 5.61. The Labute approximate surface area is 99.4 Å². The van der Waals surface area contributed by atoms with Crippen LogP contribution in [0.2, 0.25) is 5.28 Å². The van der Waals surface area contributed by atoms with Crippen LogP contribution in [0, 0.1) is 11.7 Å². The molecule has 1 N–H and O–H groups in total. The Kier molecular flexibility index (Phi) is 3.59. The van der Waals surface area contributed by atoms with Crippen LogP contribution >= 0.6 is 11.6 Å². The third-order valence-corrected chi connectivity index (χ3v) is 3.37. The van der Waals surface area contributed by atoms with E-state index in [1.54, 1.807) is 0 Å². The molecule has 0 radical (unpaired) electrons. The predicted octanol–water partition coefficient (Wildman–Crippen LogP) is 3.26. The fourth-order valence-corrected chi connectivity index (χ4v) is 2.37. The molecule has 0 aromatic carbocycles. The standard InChI is InChI=1S/C11H15ClFN3/c1-7(8-4-2-3-5-8)15-10-9(13)6-14-11(12)16-10/h6-8H,2-5H2,1H3,(H,14,15,16). The molecular weight excluding hydrogens is 229 g/mol. The smallest absolute Gasteiger partial charge is 0.224 e. The van der Waals surface area contributed by atoms with E-state index in [-0.39, 0.29) is 17.1 Å². The second-order valence-electron chi connectivity index (χ2n) is 4.31. The molecule has 88 valence electrons. The van der Waals surface area contributed by atoms with Gasteiger partial charge in [-0.3, -0.25) is 0 Å². The number of nitrogens with one attached hydrogen (secondary N) is 1. The summed E-state index contributed by atoms with van der Waals surface area (Å²) < 4.78 is 13.4. The highest BCUT2D eigenvalue weighted by Gasteiger charge is 2.22. The summed E-state index contributed by atoms with van der Waals surface area (Å²) in [5, 5.41) is 3.15. The van der Waals surface area contributed by atoms with Crippen LogP contribution in [0.3, 0.4) is 0 Å². The molecule has 16 heavy (non-hydrogen) atoms. The van der Waals surface area contributed by atoms with Crippen molar-refractivity contribution in [2.45, 2.75) is 38.6 Å². The molecule has 1 aliphatic carbocycles. The minimum atomic E-state index is -0.450. The molecule has 1 aromatic rings. The first-order chi connectivity index (χ1) is 7.66. The van der Waals surface area contributed by atoms with E-state index in [0.717, 1.165) is 6.20 Å². The van der Waals surface area contributed by atoms with Crippen molar-refractivity contribution in [3.05, 3.63) is 17.3 Å². The van der Waals surface area contributed by atoms with Gasteiger partial charge in [0.05, 0.1) is 6.20 Å². The molecule has 1 aromatic heterocycles. The normalized spacial score (nSPS) is 18.7. The van der Waals surface area contributed by atoms with Crippen LogP contribution in [0.15, 0.2) is 6.20 Å². The Balaban J connectivity index is 2.04. The third kappa shape index (κ3) is 2.61. The van der Waals surface area contributed by atoms with E-state index in [9.17, 15) is 4.39 Å². The van der Waals surface area contributed by atoms with Crippen molar-refractivity contribution >= 4 is 17.4 Å². The number of hydrogen-bond acceptors (Lipinski definition) is 3. The highest BCUT2D eigenvalue weighted by molar-refractivity contribution is 6.28. The molecule has 3 nitrogen and oxygen atoms in total. The van der Waals surface area contributed by atoms with Crippen molar-refractivity contribution in [3.8, 4) is 0 Å². The Morgan fingerprint density at radius 1 is 1.50 bits per heavy atom. The van der Waals surface area contributed by atoms with Gasteiger partial charge in [0.1, 0.15) is 0 Å². The van der Waals surface area contributed by atoms with Crippen molar-refractivity contribution in [1.29, 1.82) is 0 Å². The summed E-state index contributed by atoms with van der Waals surface area (Å²) in [6.45, 7) is 2.06. The van der Waals surface area contributed by atoms with Crippen LogP contribution in [0.5, 0.6) is 0 Å². The zero-order chi connectivity index (χ0) is 11.5. The molecule has 1 unspecified atom stereocenters. The summed E-state index contributed by atoms with van der Waals surface area (Å²) in [5.74, 6) is 0.363. The van der Waals surface area contributed by atoms with Crippen LogP contribution < -0.4 is 5.32 Å². The first kappa shape index (κ1) is 11.6. The number of halogens is 2. The first-order valence-corrected chi connectivity index (χ1v) is 5.99. The third-order valence-electron chi connectivity index (χ3n) is 3.19. The molecule has 0 aliphatic heterocycles. The second-order valence-corrected chi connectivity index (χ2v) is 4.65. The van der Waals surface area contributed by atoms with E-state index in [2.05, 4.69) is 22.2 Å². The summed E-state index contributed by atoms with van der Waals surface area (Å²) in [6, 6.07) is 0.225. The van der Waals surface area contributed by atoms with E-state index in [1.165, 1.54) is 25.7 Å². The molecular formula is C11H15ClFN3. The average Bonchev–Trinajstić information content (AvgIpc) is 2.76. The van der Waals surface area contributed by atoms with E-state index in [4.69, 9.17) is 11.6 Å². The van der Waals surface area contributed by atoms with Gasteiger partial charge in [0.15, 0.2) is 11.6 Å². The molecule has 2 rings (SSSR count). The summed E-state index contributed by atoms with van der Waals surface area (Å²) in [7, 11) is 0. The topological polar surface area (TPSA) is 37.8 Å². The Hall–Kier alpha value is -0.900. The van der Waals surface area contributed by atoms with Gasteiger partial charge in [-0.1, -0.05) is 12.8 Å². The van der Waals surface area contributed by atoms with Gasteiger partial charge in [0.25, 0.3) is 0 Å². The van der Waals surface area contributed by atoms with Crippen molar-refractivity contribution < 1.29 is 4.39 Å². The monoisotopic (exact) mass is 243 g/mol. The molecule has 1 fully saturated rings. The van der Waals surface area contributed by atoms with Gasteiger partial charge >= 0.3 is 0 Å². The predicted molar refractivity (Wildman–Crippen MR) is 62.0 cm³/mol. The summed E-state index contributed by atoms with van der Waals surface area (Å²) in [4.78, 5) is 7.44. The minimum Gasteiger partial charge on any atom is -0.365 e. The maximum absolute atomic E-state index is 13.4. The molecule has 1 atom stereocenters. The Morgan fingerprint density at radius 3 is 2.88 bits per heavy atom. The lowest BCUT2D eigenvalue weighted by atomic mass is 10.00. The van der Waals surface area contributed by atoms with E-state index in [1.807, 2.05) is 0 Å². The minimum absolute atomic E-state index is 0.0718. The van der Waals surface area contributed by atoms with Gasteiger partial charge in [-0.05, 0) is 37.3 Å². The lowest BCUT2D eigenvalue weighted by Gasteiger charge is -2.20. The number of anilines is 1. The van der Waals surface area contributed by atoms with Crippen LogP contribution in [0.25, 0.3) is 0 Å². The van der Waals surface area contributed by atoms with E-state index >= 15 is 0 Å². The Bertz CT molecular complexity index is 366. The largest absolute Gasteiger partial charge is 0.365 e. The van der Waals surface area contributed by atoms with E-state index < -0.39 is 5.82 Å². The van der Waals surface area contributed by atoms with Crippen molar-refractivity contribution in [1.82, 2.24) is 9.97 Å². The quantitative estimate of drug-likeness (QED) is 0.828. The molecule has 5 heteroatoms. The highest BCUT2D eigenvalue weighted by atomic mass is 35.5. The number of nitrogens with zero attached hydrogens (tertiary/aromatic N) is 2. The van der Waals surface area contributed by atoms with E-state index in [0.29, 0.717) is 5.92 Å². The SMILES string of the molecule is CC(Nc1nc(Cl)ncc1F)C1CCCC1. The summed E-state index contributed by atoms with van der Waals surface area (Å²) in [6.07, 6.45) is 6.04. The van der Waals surface area contributed by atoms with Gasteiger partial charge < -0.3 is 5.32 Å². The van der Waals surface area contributed by atoms with Gasteiger partial charge in [-0.15, -0.1) is 0 Å². The molecule has 0 bridgehead atoms. The fourth-order valence-electron chi connectivity index (χ4n) is 2.24. The highest BCUT2D eigenvalue weighted by Crippen LogP contribution is 2.29. The molecule has 0 amide bonds. The molecule has 0 spiro atoms. The zero-order valence-electron chi connectivity index (χ0n) is 9.21. The maximum Gasteiger partial charge on any atom is 0.224 e. The number of aromatic nitrogens is 2. The molecule has 1 saturated carbocycles. The summed E-state index contributed by atoms with van der Waals surface area (Å²) in [5.41, 5.74) is 0. The van der Waals surface area contributed by atoms with Crippen LogP contribution in [-0.2, 0) is 0 Å². The van der Waals surface area contributed by atoms with Crippen LogP contribution in [-0.4, -0.2) is 16.0 Å². The number of hydrogen-bond donors (Lipinski definition) is 1. The van der Waals surface area contributed by atoms with Gasteiger partial charge in [-0.25, -0.2) is 9.37 Å². The van der Waals surface area contributed by atoms with Crippen molar-refractivity contribution in [2.24, 2.45) is 5.92 Å². The summed E-state index contributed by atoms with van der Waals surface area (Å²) >= 11 is 5.63. The lowest BCUT2D eigenvalue weighted by molar-refractivity contribution is 0.477. The molecule has 1 aliphatic rings. The average molecular weight is 244 g/mol. The second kappa shape index (κ2) is 4.95. The zero-order valence-corrected chi connectivity index (χ0v) is 9.97. The lowest BCUT2D eigenvalue weighted by Crippen LogP contribution is -2.25. The van der Waals surface area contributed by atoms with Crippen LogP contribution in [0.1, 0.15) is 32.6 Å². The molecule has 1 heterocycles. The van der Waals surface area contributed by atoms with Gasteiger partial charge in [0.2, 0.25) is 5.28 Å². The fraction of sp³-hybridized carbons (Fsp3) is 0.636. The molecule has 0 saturated heterocycles. The Morgan fingerprint density at radius 2 is 2.19 bits per heavy atom. The van der Waals surface area contributed by atoms with Crippen molar-refractivity contribution in [2.75, 3.05) is 5.32 Å². The van der Waals surface area contributed by atoms with Crippen LogP contribution in [0.4, 0.5) is 10.2 Å².